The normalized spacial score (nSPS) is 21.2. The molecular formula is C20H24FN2OS+. The Morgan fingerprint density at radius 3 is 2.52 bits per heavy atom. The first kappa shape index (κ1) is 17.8. The van der Waals surface area contributed by atoms with E-state index < -0.39 is 0 Å². The third-order valence-corrected chi connectivity index (χ3v) is 5.60. The molecule has 0 atom stereocenters. The summed E-state index contributed by atoms with van der Waals surface area (Å²) in [6, 6.07) is 8.49. The Kier molecular flexibility index (Phi) is 5.66. The standard InChI is InChI=1S/C20H23FN2OS/c1-22-10-7-18(8-11-22)23(2)20(24)19(16-9-12-25-14-16)13-15-3-5-17(21)6-4-15/h3-6,9,12-14,18H,7-8,10-11H2,1-2H3/p+1/b19-13+. The number of benzene rings is 1. The maximum atomic E-state index is 13.2. The minimum atomic E-state index is -0.272. The summed E-state index contributed by atoms with van der Waals surface area (Å²) in [4.78, 5) is 16.6. The van der Waals surface area contributed by atoms with Crippen LogP contribution in [-0.2, 0) is 4.79 Å². The minimum Gasteiger partial charge on any atom is -0.338 e. The number of likely N-dealkylation sites (N-methyl/N-ethyl adjacent to an activating group) is 1. The second-order valence-electron chi connectivity index (χ2n) is 6.73. The molecule has 2 aromatic rings. The average Bonchev–Trinajstić information content (AvgIpc) is 3.15. The number of nitrogens with one attached hydrogen (secondary N) is 1. The number of piperidine rings is 1. The highest BCUT2D eigenvalue weighted by Crippen LogP contribution is 2.24. The van der Waals surface area contributed by atoms with Crippen LogP contribution in [0.5, 0.6) is 0 Å². The summed E-state index contributed by atoms with van der Waals surface area (Å²) >= 11 is 1.57. The van der Waals surface area contributed by atoms with Crippen LogP contribution >= 0.6 is 11.3 Å². The number of likely N-dealkylation sites (tertiary alicyclic amines) is 1. The van der Waals surface area contributed by atoms with Crippen molar-refractivity contribution in [3.8, 4) is 0 Å². The van der Waals surface area contributed by atoms with E-state index in [9.17, 15) is 9.18 Å². The minimum absolute atomic E-state index is 0.0345. The fraction of sp³-hybridized carbons (Fsp3) is 0.350. The molecule has 5 heteroatoms. The van der Waals surface area contributed by atoms with Crippen molar-refractivity contribution in [3.05, 3.63) is 58.0 Å². The second-order valence-corrected chi connectivity index (χ2v) is 7.51. The topological polar surface area (TPSA) is 24.8 Å². The third-order valence-electron chi connectivity index (χ3n) is 4.92. The van der Waals surface area contributed by atoms with Crippen molar-refractivity contribution in [3.63, 3.8) is 0 Å². The van der Waals surface area contributed by atoms with Crippen molar-refractivity contribution >= 4 is 28.9 Å². The fourth-order valence-corrected chi connectivity index (χ4v) is 3.91. The van der Waals surface area contributed by atoms with Gasteiger partial charge in [-0.25, -0.2) is 4.39 Å². The van der Waals surface area contributed by atoms with Crippen molar-refractivity contribution in [2.24, 2.45) is 0 Å². The molecule has 2 heterocycles. The van der Waals surface area contributed by atoms with Gasteiger partial charge in [0.05, 0.1) is 20.1 Å². The summed E-state index contributed by atoms with van der Waals surface area (Å²) in [5, 5.41) is 3.96. The molecule has 1 aliphatic rings. The lowest BCUT2D eigenvalue weighted by molar-refractivity contribution is -0.885. The summed E-state index contributed by atoms with van der Waals surface area (Å²) in [5.41, 5.74) is 2.42. The number of thiophene rings is 1. The number of carbonyl (C=O) groups excluding carboxylic acids is 1. The first-order chi connectivity index (χ1) is 12.0. The quantitative estimate of drug-likeness (QED) is 0.834. The van der Waals surface area contributed by atoms with Crippen molar-refractivity contribution in [1.82, 2.24) is 4.90 Å². The third kappa shape index (κ3) is 4.35. The lowest BCUT2D eigenvalue weighted by atomic mass is 10.00. The maximum Gasteiger partial charge on any atom is 0.254 e. The highest BCUT2D eigenvalue weighted by molar-refractivity contribution is 7.08. The second kappa shape index (κ2) is 7.93. The number of quaternary nitrogens is 1. The lowest BCUT2D eigenvalue weighted by Gasteiger charge is -2.33. The predicted octanol–water partition coefficient (Wildman–Crippen LogP) is 2.56. The van der Waals surface area contributed by atoms with Crippen LogP contribution in [0.25, 0.3) is 11.6 Å². The molecule has 25 heavy (non-hydrogen) atoms. The van der Waals surface area contributed by atoms with Crippen LogP contribution in [0.1, 0.15) is 24.0 Å². The zero-order chi connectivity index (χ0) is 17.8. The molecule has 1 aromatic carbocycles. The van der Waals surface area contributed by atoms with Gasteiger partial charge in [-0.3, -0.25) is 4.79 Å². The largest absolute Gasteiger partial charge is 0.338 e. The molecule has 132 valence electrons. The number of carbonyl (C=O) groups is 1. The number of hydrogen-bond acceptors (Lipinski definition) is 2. The highest BCUT2D eigenvalue weighted by Gasteiger charge is 2.28. The van der Waals surface area contributed by atoms with Crippen molar-refractivity contribution in [2.75, 3.05) is 27.2 Å². The number of halogens is 1. The van der Waals surface area contributed by atoms with Gasteiger partial charge in [0.25, 0.3) is 5.91 Å². The Labute approximate surface area is 152 Å². The Bertz CT molecular complexity index is 732. The molecule has 1 aromatic heterocycles. The molecule has 1 amide bonds. The molecule has 0 radical (unpaired) electrons. The molecule has 1 saturated heterocycles. The first-order valence-corrected chi connectivity index (χ1v) is 9.57. The van der Waals surface area contributed by atoms with E-state index in [0.29, 0.717) is 5.57 Å². The zero-order valence-corrected chi connectivity index (χ0v) is 15.5. The summed E-state index contributed by atoms with van der Waals surface area (Å²) < 4.78 is 13.2. The predicted molar refractivity (Wildman–Crippen MR) is 101 cm³/mol. The van der Waals surface area contributed by atoms with Crippen LogP contribution in [0.3, 0.4) is 0 Å². The van der Waals surface area contributed by atoms with Gasteiger partial charge in [0.1, 0.15) is 5.82 Å². The van der Waals surface area contributed by atoms with E-state index in [2.05, 4.69) is 7.05 Å². The van der Waals surface area contributed by atoms with Gasteiger partial charge in [0.2, 0.25) is 0 Å². The molecule has 1 aliphatic heterocycles. The van der Waals surface area contributed by atoms with Crippen molar-refractivity contribution in [1.29, 1.82) is 0 Å². The molecule has 3 nitrogen and oxygen atoms in total. The number of amides is 1. The molecule has 0 saturated carbocycles. The van der Waals surface area contributed by atoms with Gasteiger partial charge < -0.3 is 9.80 Å². The average molecular weight is 359 g/mol. The van der Waals surface area contributed by atoms with Gasteiger partial charge in [0, 0.05) is 31.5 Å². The van der Waals surface area contributed by atoms with Gasteiger partial charge in [0.15, 0.2) is 0 Å². The van der Waals surface area contributed by atoms with E-state index in [0.717, 1.165) is 37.1 Å². The molecular weight excluding hydrogens is 335 g/mol. The van der Waals surface area contributed by atoms with Gasteiger partial charge in [-0.05, 0) is 46.2 Å². The molecule has 0 spiro atoms. The smallest absolute Gasteiger partial charge is 0.254 e. The van der Waals surface area contributed by atoms with Crippen LogP contribution in [0.15, 0.2) is 41.1 Å². The molecule has 3 rings (SSSR count). The molecule has 1 fully saturated rings. The van der Waals surface area contributed by atoms with Crippen LogP contribution in [-0.4, -0.2) is 44.0 Å². The first-order valence-electron chi connectivity index (χ1n) is 8.63. The zero-order valence-electron chi connectivity index (χ0n) is 14.7. The van der Waals surface area contributed by atoms with Gasteiger partial charge in [-0.15, -0.1) is 0 Å². The van der Waals surface area contributed by atoms with Crippen LogP contribution in [0.2, 0.25) is 0 Å². The summed E-state index contributed by atoms with van der Waals surface area (Å²) in [7, 11) is 4.10. The number of hydrogen-bond donors (Lipinski definition) is 1. The molecule has 1 N–H and O–H groups in total. The van der Waals surface area contributed by atoms with E-state index in [1.165, 1.54) is 17.0 Å². The number of nitrogens with zero attached hydrogens (tertiary/aromatic N) is 1. The lowest BCUT2D eigenvalue weighted by Crippen LogP contribution is -3.10. The van der Waals surface area contributed by atoms with Gasteiger partial charge in [-0.1, -0.05) is 12.1 Å². The SMILES string of the molecule is CN(C(=O)/C(=C/c1ccc(F)cc1)c1ccsc1)C1CC[NH+](C)CC1. The highest BCUT2D eigenvalue weighted by atomic mass is 32.1. The Hall–Kier alpha value is -1.98. The van der Waals surface area contributed by atoms with Crippen molar-refractivity contribution in [2.45, 2.75) is 18.9 Å². The Morgan fingerprint density at radius 1 is 1.24 bits per heavy atom. The number of rotatable bonds is 4. The monoisotopic (exact) mass is 359 g/mol. The summed E-state index contributed by atoms with van der Waals surface area (Å²) in [5.74, 6) is -0.237. The Morgan fingerprint density at radius 2 is 1.92 bits per heavy atom. The van der Waals surface area contributed by atoms with E-state index >= 15 is 0 Å². The van der Waals surface area contributed by atoms with E-state index in [1.54, 1.807) is 23.5 Å². The van der Waals surface area contributed by atoms with E-state index in [4.69, 9.17) is 0 Å². The summed E-state index contributed by atoms with van der Waals surface area (Å²) in [6.45, 7) is 2.19. The van der Waals surface area contributed by atoms with Gasteiger partial charge in [-0.2, -0.15) is 11.3 Å². The van der Waals surface area contributed by atoms with Crippen LogP contribution in [0, 0.1) is 5.82 Å². The Balaban J connectivity index is 1.86. The molecule has 0 aliphatic carbocycles. The summed E-state index contributed by atoms with van der Waals surface area (Å²) in [6.07, 6.45) is 3.92. The molecule has 0 unspecified atom stereocenters. The van der Waals surface area contributed by atoms with Crippen LogP contribution in [0.4, 0.5) is 4.39 Å². The fourth-order valence-electron chi connectivity index (χ4n) is 3.25. The van der Waals surface area contributed by atoms with Crippen molar-refractivity contribution < 1.29 is 14.1 Å². The van der Waals surface area contributed by atoms with Crippen LogP contribution < -0.4 is 4.90 Å². The van der Waals surface area contributed by atoms with Gasteiger partial charge >= 0.3 is 0 Å². The van der Waals surface area contributed by atoms with E-state index in [1.807, 2.05) is 34.9 Å². The molecule has 0 bridgehead atoms. The van der Waals surface area contributed by atoms with E-state index in [-0.39, 0.29) is 17.8 Å². The maximum absolute atomic E-state index is 13.2.